The van der Waals surface area contributed by atoms with Crippen LogP contribution in [0.2, 0.25) is 0 Å². The monoisotopic (exact) mass is 820 g/mol. The van der Waals surface area contributed by atoms with Gasteiger partial charge in [0.1, 0.15) is 11.6 Å². The number of rotatable bonds is 3. The van der Waals surface area contributed by atoms with Crippen molar-refractivity contribution < 1.29 is 0 Å². The molecule has 0 unspecified atom stereocenters. The molecule has 63 heavy (non-hydrogen) atoms. The number of hydrogen-bond donors (Lipinski definition) is 4. The zero-order valence-corrected chi connectivity index (χ0v) is 35.2. The largest absolute Gasteiger partial charge is 0.355 e. The van der Waals surface area contributed by atoms with E-state index in [1.165, 1.54) is 0 Å². The molecular weight excluding hydrogens is 781 g/mol. The van der Waals surface area contributed by atoms with Crippen LogP contribution in [-0.4, -0.2) is 59.0 Å². The molecule has 12 rings (SSSR count). The number of aryl methyl sites for hydroxylation is 5. The molecule has 0 atom stereocenters. The van der Waals surface area contributed by atoms with Crippen LogP contribution >= 0.6 is 0 Å². The highest BCUT2D eigenvalue weighted by atomic mass is 15.0. The predicted molar refractivity (Wildman–Crippen MR) is 255 cm³/mol. The van der Waals surface area contributed by atoms with Crippen molar-refractivity contribution in [1.29, 1.82) is 0 Å². The standard InChI is InChI=1S/C51H40N12/c1-27-32-10-16-39(56-32)46(38-8-6-30(54-38)26-31-7-9-42(55-31)48(43-19-13-35(27)59-43)50-52-22-24-62(50)4)47-40-17-11-33(57-40)28(2)36-14-20-44(60-36)49(51-53-23-25-63(51)5)45-21-15-37(61-45)29(3)34-12-18-41(47)58-34/h6-26,54,57,59,61H,1-5H3. The van der Waals surface area contributed by atoms with Crippen molar-refractivity contribution >= 4 is 92.7 Å². The molecule has 0 spiro atoms. The number of aromatic nitrogens is 12. The molecular formula is C51H40N12. The Morgan fingerprint density at radius 3 is 1.21 bits per heavy atom. The third kappa shape index (κ3) is 5.90. The summed E-state index contributed by atoms with van der Waals surface area (Å²) in [6, 6.07) is 19.0. The Kier molecular flexibility index (Phi) is 8.00. The average molecular weight is 821 g/mol. The van der Waals surface area contributed by atoms with E-state index in [1.54, 1.807) is 0 Å². The highest BCUT2D eigenvalue weighted by Crippen LogP contribution is 2.38. The van der Waals surface area contributed by atoms with Crippen molar-refractivity contribution in [3.05, 3.63) is 142 Å². The van der Waals surface area contributed by atoms with Crippen molar-refractivity contribution in [3.8, 4) is 33.9 Å². The smallest absolute Gasteiger partial charge is 0.143 e. The lowest BCUT2D eigenvalue weighted by atomic mass is 10.0. The van der Waals surface area contributed by atoms with E-state index in [0.717, 1.165) is 140 Å². The molecule has 0 amide bonds. The van der Waals surface area contributed by atoms with E-state index >= 15 is 0 Å². The van der Waals surface area contributed by atoms with Gasteiger partial charge < -0.3 is 29.1 Å². The Morgan fingerprint density at radius 2 is 0.746 bits per heavy atom. The van der Waals surface area contributed by atoms with Gasteiger partial charge in [-0.25, -0.2) is 29.9 Å². The Bertz CT molecular complexity index is 3750. The minimum absolute atomic E-state index is 0.811. The summed E-state index contributed by atoms with van der Waals surface area (Å²) in [5.74, 6) is 1.65. The van der Waals surface area contributed by atoms with Crippen molar-refractivity contribution in [2.24, 2.45) is 14.1 Å². The first-order chi connectivity index (χ1) is 30.7. The molecule has 8 aromatic heterocycles. The molecule has 12 nitrogen and oxygen atoms in total. The molecule has 0 fully saturated rings. The van der Waals surface area contributed by atoms with E-state index in [9.17, 15) is 0 Å². The summed E-state index contributed by atoms with van der Waals surface area (Å²) in [5.41, 5.74) is 20.9. The molecule has 12 heterocycles. The van der Waals surface area contributed by atoms with Crippen molar-refractivity contribution in [2.75, 3.05) is 0 Å². The second kappa shape index (κ2) is 13.8. The van der Waals surface area contributed by atoms with Crippen LogP contribution in [0.15, 0.2) is 79.4 Å². The van der Waals surface area contributed by atoms with Gasteiger partial charge in [0.2, 0.25) is 0 Å². The maximum atomic E-state index is 5.40. The van der Waals surface area contributed by atoms with Gasteiger partial charge in [0.15, 0.2) is 0 Å². The van der Waals surface area contributed by atoms with Gasteiger partial charge in [0, 0.05) is 83.1 Å². The molecule has 0 radical (unpaired) electrons. The van der Waals surface area contributed by atoms with Gasteiger partial charge in [-0.15, -0.1) is 0 Å². The Hall–Kier alpha value is -8.38. The summed E-state index contributed by atoms with van der Waals surface area (Å²) < 4.78 is 4.05. The summed E-state index contributed by atoms with van der Waals surface area (Å²) in [4.78, 5) is 45.6. The molecule has 304 valence electrons. The molecule has 4 aliphatic heterocycles. The van der Waals surface area contributed by atoms with E-state index in [1.807, 2.05) is 54.1 Å². The topological polar surface area (TPSA) is 150 Å². The van der Waals surface area contributed by atoms with Crippen LogP contribution in [0.3, 0.4) is 0 Å². The lowest BCUT2D eigenvalue weighted by Gasteiger charge is -2.07. The fourth-order valence-corrected chi connectivity index (χ4v) is 8.98. The van der Waals surface area contributed by atoms with Gasteiger partial charge in [0.05, 0.1) is 67.7 Å². The van der Waals surface area contributed by atoms with Gasteiger partial charge in [0.25, 0.3) is 0 Å². The number of imidazole rings is 2. The lowest BCUT2D eigenvalue weighted by molar-refractivity contribution is 0.924. The number of fused-ring (bicyclic) bond motifs is 16. The number of nitrogens with one attached hydrogen (secondary N) is 4. The first kappa shape index (κ1) is 36.5. The minimum Gasteiger partial charge on any atom is -0.355 e. The second-order valence-corrected chi connectivity index (χ2v) is 16.3. The second-order valence-electron chi connectivity index (χ2n) is 16.3. The van der Waals surface area contributed by atoms with Gasteiger partial charge in [-0.05, 0) is 141 Å². The first-order valence-corrected chi connectivity index (χ1v) is 20.9. The molecule has 0 aliphatic carbocycles. The number of H-pyrrole nitrogens is 4. The van der Waals surface area contributed by atoms with E-state index < -0.39 is 0 Å². The fraction of sp³-hybridized carbons (Fsp3) is 0.0980. The Labute approximate surface area is 360 Å². The lowest BCUT2D eigenvalue weighted by Crippen LogP contribution is -1.95. The summed E-state index contributed by atoms with van der Waals surface area (Å²) in [6.45, 7) is 6.32. The van der Waals surface area contributed by atoms with E-state index in [2.05, 4.69) is 138 Å². The maximum absolute atomic E-state index is 5.40. The molecule has 0 saturated carbocycles. The van der Waals surface area contributed by atoms with Crippen LogP contribution in [0.1, 0.15) is 62.2 Å². The normalized spacial score (nSPS) is 12.9. The Morgan fingerprint density at radius 1 is 0.381 bits per heavy atom. The number of hydrogen-bond acceptors (Lipinski definition) is 6. The van der Waals surface area contributed by atoms with E-state index in [0.29, 0.717) is 0 Å². The molecule has 16 bridgehead atoms. The van der Waals surface area contributed by atoms with Gasteiger partial charge in [-0.2, -0.15) is 0 Å². The van der Waals surface area contributed by atoms with Crippen LogP contribution < -0.4 is 0 Å². The minimum atomic E-state index is 0.811. The van der Waals surface area contributed by atoms with Crippen LogP contribution in [0.25, 0.3) is 127 Å². The van der Waals surface area contributed by atoms with Crippen LogP contribution in [0, 0.1) is 20.8 Å². The third-order valence-corrected chi connectivity index (χ3v) is 12.5. The van der Waals surface area contributed by atoms with Crippen molar-refractivity contribution in [1.82, 2.24) is 59.0 Å². The summed E-state index contributed by atoms with van der Waals surface area (Å²) in [7, 11) is 4.01. The van der Waals surface area contributed by atoms with Crippen LogP contribution in [-0.2, 0) is 14.1 Å². The van der Waals surface area contributed by atoms with Crippen molar-refractivity contribution in [3.63, 3.8) is 0 Å². The summed E-state index contributed by atoms with van der Waals surface area (Å²) in [5, 5.41) is 0. The van der Waals surface area contributed by atoms with Crippen molar-refractivity contribution in [2.45, 2.75) is 20.8 Å². The molecule has 0 aromatic carbocycles. The fourth-order valence-electron chi connectivity index (χ4n) is 8.98. The van der Waals surface area contributed by atoms with Gasteiger partial charge in [-0.3, -0.25) is 0 Å². The van der Waals surface area contributed by atoms with Crippen LogP contribution in [0.5, 0.6) is 0 Å². The van der Waals surface area contributed by atoms with Gasteiger partial charge in [-0.1, -0.05) is 0 Å². The highest BCUT2D eigenvalue weighted by molar-refractivity contribution is 6.01. The summed E-state index contributed by atoms with van der Waals surface area (Å²) in [6.07, 6.45) is 24.2. The molecule has 12 heteroatoms. The molecule has 8 aromatic rings. The zero-order valence-electron chi connectivity index (χ0n) is 35.2. The summed E-state index contributed by atoms with van der Waals surface area (Å²) >= 11 is 0. The molecule has 4 aliphatic rings. The number of nitrogens with zero attached hydrogens (tertiary/aromatic N) is 8. The quantitative estimate of drug-likeness (QED) is 0.139. The molecule has 0 saturated heterocycles. The van der Waals surface area contributed by atoms with Crippen LogP contribution in [0.4, 0.5) is 0 Å². The number of aromatic amines is 4. The highest BCUT2D eigenvalue weighted by Gasteiger charge is 2.21. The maximum Gasteiger partial charge on any atom is 0.143 e. The average Bonchev–Trinajstić information content (AvgIpc) is 4.13. The Balaban J connectivity index is 1.18. The predicted octanol–water partition coefficient (Wildman–Crippen LogP) is 11.0. The first-order valence-electron chi connectivity index (χ1n) is 20.9. The molecule has 4 N–H and O–H groups in total. The SMILES string of the molecule is Cc1c2nc(c(-c3nccn3C)c3ccc([nH]3)c(C)c3nc(c(-c4c5nc(c(C)c6ccc([nH]6)c(-c6nccn6C)c6nc(cc7ccc4[nH]7)C=C6)C=C5)c4ccc1[nH]4)C=C3)C=C2. The van der Waals surface area contributed by atoms with Gasteiger partial charge >= 0.3 is 0 Å². The zero-order chi connectivity index (χ0) is 42.5. The van der Waals surface area contributed by atoms with E-state index in [4.69, 9.17) is 29.9 Å². The third-order valence-electron chi connectivity index (χ3n) is 12.5. The van der Waals surface area contributed by atoms with E-state index in [-0.39, 0.29) is 0 Å².